The molecule has 0 radical (unpaired) electrons. The van der Waals surface area contributed by atoms with Crippen LogP contribution in [0.15, 0.2) is 37.7 Å². The molecule has 0 spiro atoms. The minimum atomic E-state index is 0.489. The summed E-state index contributed by atoms with van der Waals surface area (Å²) in [5, 5.41) is 0. The molecule has 1 aromatic rings. The number of hydrogen-bond donors (Lipinski definition) is 0. The maximum Gasteiger partial charge on any atom is 0.148 e. The maximum atomic E-state index is 5.65. The first kappa shape index (κ1) is 16.5. The van der Waals surface area contributed by atoms with E-state index in [9.17, 15) is 0 Å². The van der Waals surface area contributed by atoms with E-state index >= 15 is 0 Å². The van der Waals surface area contributed by atoms with Crippen molar-refractivity contribution in [3.8, 4) is 5.75 Å². The monoisotopic (exact) mass is 460 g/mol. The van der Waals surface area contributed by atoms with Crippen molar-refractivity contribution in [3.05, 3.63) is 37.7 Å². The molecule has 0 bridgehead atoms. The normalized spacial score (nSPS) is 11.1. The lowest BCUT2D eigenvalue weighted by molar-refractivity contribution is 0.179. The third kappa shape index (κ3) is 6.06. The molecule has 1 rings (SSSR count). The van der Waals surface area contributed by atoms with Gasteiger partial charge in [0.25, 0.3) is 0 Å². The Balaban J connectivity index is 2.40. The molecule has 0 amide bonds. The van der Waals surface area contributed by atoms with E-state index in [1.165, 1.54) is 0 Å². The molecule has 0 aliphatic heterocycles. The first-order chi connectivity index (χ1) is 8.65. The molecule has 0 fully saturated rings. The average Bonchev–Trinajstić information content (AvgIpc) is 2.30. The molecule has 0 unspecified atom stereocenters. The zero-order chi connectivity index (χ0) is 13.4. The van der Waals surface area contributed by atoms with Crippen LogP contribution in [0, 0.1) is 0 Å². The van der Waals surface area contributed by atoms with E-state index in [0.29, 0.717) is 25.7 Å². The minimum absolute atomic E-state index is 0.489. The average molecular weight is 463 g/mol. The highest BCUT2D eigenvalue weighted by atomic mass is 79.9. The van der Waals surface area contributed by atoms with E-state index in [1.807, 2.05) is 24.3 Å². The van der Waals surface area contributed by atoms with Crippen LogP contribution >= 0.6 is 59.4 Å². The number of rotatable bonds is 7. The topological polar surface area (TPSA) is 18.5 Å². The van der Waals surface area contributed by atoms with Gasteiger partial charge < -0.3 is 9.47 Å². The second kappa shape index (κ2) is 9.37. The van der Waals surface area contributed by atoms with E-state index in [2.05, 4.69) is 47.8 Å². The first-order valence-corrected chi connectivity index (χ1v) is 8.12. The van der Waals surface area contributed by atoms with Crippen LogP contribution in [0.5, 0.6) is 5.75 Å². The first-order valence-electron chi connectivity index (χ1n) is 5.21. The third-order valence-corrected chi connectivity index (χ3v) is 3.68. The zero-order valence-electron chi connectivity index (χ0n) is 9.47. The van der Waals surface area contributed by atoms with Crippen molar-refractivity contribution in [3.63, 3.8) is 0 Å². The maximum absolute atomic E-state index is 5.65. The minimum Gasteiger partial charge on any atom is -0.487 e. The van der Waals surface area contributed by atoms with Crippen LogP contribution in [0.1, 0.15) is 0 Å². The Bertz CT molecular complexity index is 387. The van der Waals surface area contributed by atoms with Gasteiger partial charge in [-0.25, -0.2) is 0 Å². The lowest BCUT2D eigenvalue weighted by atomic mass is 10.3. The Kier molecular flexibility index (Phi) is 8.59. The number of halogens is 4. The standard InChI is InChI=1S/C12H12Br3ClO2/c13-9-7-10(14)12(11(15)8-9)18-5-2-1-4-17-6-3-16/h1-2,7-8H,3-6H2. The number of hydrogen-bond acceptors (Lipinski definition) is 2. The highest BCUT2D eigenvalue weighted by Gasteiger charge is 2.07. The second-order valence-electron chi connectivity index (χ2n) is 3.24. The smallest absolute Gasteiger partial charge is 0.148 e. The van der Waals surface area contributed by atoms with Crippen LogP contribution in [0.25, 0.3) is 0 Å². The molecule has 0 atom stereocenters. The van der Waals surface area contributed by atoms with Crippen molar-refractivity contribution in [2.24, 2.45) is 0 Å². The van der Waals surface area contributed by atoms with Crippen LogP contribution < -0.4 is 4.74 Å². The van der Waals surface area contributed by atoms with Gasteiger partial charge in [0, 0.05) is 10.4 Å². The summed E-state index contributed by atoms with van der Waals surface area (Å²) in [7, 11) is 0. The van der Waals surface area contributed by atoms with Gasteiger partial charge in [-0.05, 0) is 50.1 Å². The van der Waals surface area contributed by atoms with E-state index < -0.39 is 0 Å². The van der Waals surface area contributed by atoms with Crippen molar-refractivity contribution in [1.29, 1.82) is 0 Å². The summed E-state index contributed by atoms with van der Waals surface area (Å²) in [6.45, 7) is 1.61. The molecule has 0 aliphatic carbocycles. The zero-order valence-corrected chi connectivity index (χ0v) is 15.0. The highest BCUT2D eigenvalue weighted by molar-refractivity contribution is 9.11. The lowest BCUT2D eigenvalue weighted by Gasteiger charge is -2.08. The Morgan fingerprint density at radius 3 is 2.28 bits per heavy atom. The molecule has 0 aliphatic rings. The van der Waals surface area contributed by atoms with Gasteiger partial charge >= 0.3 is 0 Å². The van der Waals surface area contributed by atoms with Crippen LogP contribution in [0.4, 0.5) is 0 Å². The lowest BCUT2D eigenvalue weighted by Crippen LogP contribution is -1.98. The second-order valence-corrected chi connectivity index (χ2v) is 6.25. The molecule has 0 N–H and O–H groups in total. The molecule has 6 heteroatoms. The molecule has 0 heterocycles. The molecule has 100 valence electrons. The van der Waals surface area contributed by atoms with Gasteiger partial charge in [0.15, 0.2) is 0 Å². The van der Waals surface area contributed by atoms with Gasteiger partial charge in [-0.15, -0.1) is 11.6 Å². The number of ether oxygens (including phenoxy) is 2. The summed E-state index contributed by atoms with van der Waals surface area (Å²) >= 11 is 15.8. The molecular weight excluding hydrogens is 451 g/mol. The summed E-state index contributed by atoms with van der Waals surface area (Å²) in [6.07, 6.45) is 3.82. The van der Waals surface area contributed by atoms with Crippen molar-refractivity contribution in [2.45, 2.75) is 0 Å². The van der Waals surface area contributed by atoms with Gasteiger partial charge in [-0.3, -0.25) is 0 Å². The van der Waals surface area contributed by atoms with Crippen LogP contribution in [0.3, 0.4) is 0 Å². The molecule has 0 saturated heterocycles. The quantitative estimate of drug-likeness (QED) is 0.316. The molecule has 0 saturated carbocycles. The highest BCUT2D eigenvalue weighted by Crippen LogP contribution is 2.36. The Labute approximate surface area is 137 Å². The fraction of sp³-hybridized carbons (Fsp3) is 0.333. The van der Waals surface area contributed by atoms with Crippen molar-refractivity contribution in [1.82, 2.24) is 0 Å². The van der Waals surface area contributed by atoms with E-state index in [1.54, 1.807) is 0 Å². The summed E-state index contributed by atoms with van der Waals surface area (Å²) in [4.78, 5) is 0. The summed E-state index contributed by atoms with van der Waals surface area (Å²) < 4.78 is 13.6. The fourth-order valence-electron chi connectivity index (χ4n) is 1.14. The van der Waals surface area contributed by atoms with Crippen molar-refractivity contribution < 1.29 is 9.47 Å². The predicted octanol–water partition coefficient (Wildman–Crippen LogP) is 5.16. The molecule has 0 aromatic heterocycles. The SMILES string of the molecule is ClCCOCC=CCOc1c(Br)cc(Br)cc1Br. The van der Waals surface area contributed by atoms with E-state index in [-0.39, 0.29) is 0 Å². The summed E-state index contributed by atoms with van der Waals surface area (Å²) in [5.41, 5.74) is 0. The summed E-state index contributed by atoms with van der Waals surface area (Å²) in [6, 6.07) is 3.88. The Morgan fingerprint density at radius 2 is 1.67 bits per heavy atom. The van der Waals surface area contributed by atoms with E-state index in [0.717, 1.165) is 19.2 Å². The third-order valence-electron chi connectivity index (χ3n) is 1.89. The van der Waals surface area contributed by atoms with Gasteiger partial charge in [0.05, 0.1) is 22.2 Å². The summed E-state index contributed by atoms with van der Waals surface area (Å²) in [5.74, 6) is 1.30. The predicted molar refractivity (Wildman–Crippen MR) is 85.7 cm³/mol. The number of alkyl halides is 1. The molecule has 18 heavy (non-hydrogen) atoms. The van der Waals surface area contributed by atoms with Gasteiger partial charge in [0.2, 0.25) is 0 Å². The molecule has 1 aromatic carbocycles. The van der Waals surface area contributed by atoms with Crippen LogP contribution in [-0.2, 0) is 4.74 Å². The molecule has 2 nitrogen and oxygen atoms in total. The van der Waals surface area contributed by atoms with Crippen molar-refractivity contribution >= 4 is 59.4 Å². The number of benzene rings is 1. The van der Waals surface area contributed by atoms with E-state index in [4.69, 9.17) is 21.1 Å². The van der Waals surface area contributed by atoms with Crippen molar-refractivity contribution in [2.75, 3.05) is 25.7 Å². The Hall–Kier alpha value is 0.450. The molecular formula is C12H12Br3ClO2. The fourth-order valence-corrected chi connectivity index (χ4v) is 3.74. The van der Waals surface area contributed by atoms with Gasteiger partial charge in [-0.2, -0.15) is 0 Å². The Morgan fingerprint density at radius 1 is 1.06 bits per heavy atom. The van der Waals surface area contributed by atoms with Crippen LogP contribution in [-0.4, -0.2) is 25.7 Å². The van der Waals surface area contributed by atoms with Gasteiger partial charge in [-0.1, -0.05) is 22.0 Å². The largest absolute Gasteiger partial charge is 0.487 e. The van der Waals surface area contributed by atoms with Gasteiger partial charge in [0.1, 0.15) is 12.4 Å². The van der Waals surface area contributed by atoms with Crippen LogP contribution in [0.2, 0.25) is 0 Å².